The fraction of sp³-hybridized carbons (Fsp3) is 0.286. The highest BCUT2D eigenvalue weighted by molar-refractivity contribution is 6.46. The van der Waals surface area contributed by atoms with E-state index in [1.165, 1.54) is 13.0 Å². The molecule has 6 heteroatoms. The Hall–Kier alpha value is -2.11. The molecule has 0 aromatic heterocycles. The largest absolute Gasteiger partial charge is 0.414 e. The minimum atomic E-state index is -4.48. The van der Waals surface area contributed by atoms with Gasteiger partial charge in [-0.1, -0.05) is 36.4 Å². The SMILES string of the molecule is CC(=O)C1=NNC(C(F)(F)F)/C1=C\Cc1ccccc1. The Morgan fingerprint density at radius 3 is 2.55 bits per heavy atom. The molecule has 2 rings (SSSR count). The minimum Gasteiger partial charge on any atom is -0.293 e. The van der Waals surface area contributed by atoms with Crippen LogP contribution in [0.1, 0.15) is 12.5 Å². The summed E-state index contributed by atoms with van der Waals surface area (Å²) < 4.78 is 38.7. The van der Waals surface area contributed by atoms with Gasteiger partial charge in [-0.2, -0.15) is 18.3 Å². The van der Waals surface area contributed by atoms with Crippen LogP contribution in [0.15, 0.2) is 47.1 Å². The summed E-state index contributed by atoms with van der Waals surface area (Å²) in [4.78, 5) is 11.4. The van der Waals surface area contributed by atoms with Crippen LogP contribution in [0.3, 0.4) is 0 Å². The molecule has 0 bridgehead atoms. The van der Waals surface area contributed by atoms with E-state index in [0.717, 1.165) is 5.56 Å². The van der Waals surface area contributed by atoms with Gasteiger partial charge in [0.1, 0.15) is 5.71 Å². The molecule has 0 saturated heterocycles. The van der Waals surface area contributed by atoms with Crippen molar-refractivity contribution in [1.29, 1.82) is 0 Å². The van der Waals surface area contributed by atoms with Gasteiger partial charge in [-0.15, -0.1) is 0 Å². The number of rotatable bonds is 3. The number of allylic oxidation sites excluding steroid dienone is 1. The highest BCUT2D eigenvalue weighted by atomic mass is 19.4. The number of halogens is 3. The third-order valence-electron chi connectivity index (χ3n) is 2.95. The highest BCUT2D eigenvalue weighted by Gasteiger charge is 2.46. The van der Waals surface area contributed by atoms with Crippen molar-refractivity contribution in [3.05, 3.63) is 47.5 Å². The van der Waals surface area contributed by atoms with Crippen LogP contribution in [-0.4, -0.2) is 23.7 Å². The molecule has 1 aliphatic heterocycles. The predicted molar refractivity (Wildman–Crippen MR) is 69.3 cm³/mol. The van der Waals surface area contributed by atoms with Crippen molar-refractivity contribution in [3.63, 3.8) is 0 Å². The Kier molecular flexibility index (Phi) is 3.92. The average Bonchev–Trinajstić information content (AvgIpc) is 2.81. The number of hydrazone groups is 1. The summed E-state index contributed by atoms with van der Waals surface area (Å²) >= 11 is 0. The summed E-state index contributed by atoms with van der Waals surface area (Å²) in [7, 11) is 0. The topological polar surface area (TPSA) is 41.5 Å². The van der Waals surface area contributed by atoms with Gasteiger partial charge in [-0.05, 0) is 12.0 Å². The minimum absolute atomic E-state index is 0.103. The average molecular weight is 282 g/mol. The first-order chi connectivity index (χ1) is 9.39. The molecule has 0 fully saturated rings. The number of benzene rings is 1. The Balaban J connectivity index is 2.27. The Bertz CT molecular complexity index is 562. The highest BCUT2D eigenvalue weighted by Crippen LogP contribution is 2.29. The fourth-order valence-corrected chi connectivity index (χ4v) is 1.99. The first-order valence-electron chi connectivity index (χ1n) is 6.05. The molecule has 1 N–H and O–H groups in total. The van der Waals surface area contributed by atoms with Gasteiger partial charge >= 0.3 is 6.18 Å². The second kappa shape index (κ2) is 5.48. The van der Waals surface area contributed by atoms with Crippen molar-refractivity contribution in [1.82, 2.24) is 5.43 Å². The molecule has 1 aromatic carbocycles. The molecule has 0 radical (unpaired) electrons. The zero-order valence-electron chi connectivity index (χ0n) is 10.7. The van der Waals surface area contributed by atoms with Crippen LogP contribution in [0.4, 0.5) is 13.2 Å². The summed E-state index contributed by atoms with van der Waals surface area (Å²) in [6.07, 6.45) is -2.76. The summed E-state index contributed by atoms with van der Waals surface area (Å²) in [5.74, 6) is -0.483. The number of nitrogens with zero attached hydrogens (tertiary/aromatic N) is 1. The summed E-state index contributed by atoms with van der Waals surface area (Å²) in [6, 6.07) is 7.16. The third-order valence-corrected chi connectivity index (χ3v) is 2.95. The van der Waals surface area contributed by atoms with Crippen LogP contribution < -0.4 is 5.43 Å². The maximum atomic E-state index is 12.9. The number of Topliss-reactive ketones (excluding diaryl/α,β-unsaturated/α-hetero) is 1. The van der Waals surface area contributed by atoms with Crippen LogP contribution in [0.2, 0.25) is 0 Å². The monoisotopic (exact) mass is 282 g/mol. The molecule has 1 aromatic rings. The molecule has 3 nitrogen and oxygen atoms in total. The molecule has 0 spiro atoms. The van der Waals surface area contributed by atoms with Crippen molar-refractivity contribution in [2.45, 2.75) is 25.6 Å². The number of hydrogen-bond acceptors (Lipinski definition) is 3. The van der Waals surface area contributed by atoms with E-state index in [4.69, 9.17) is 0 Å². The molecule has 0 amide bonds. The lowest BCUT2D eigenvalue weighted by atomic mass is 9.98. The molecule has 1 aliphatic rings. The number of carbonyl (C=O) groups is 1. The predicted octanol–water partition coefficient (Wildman–Crippen LogP) is 2.63. The first-order valence-corrected chi connectivity index (χ1v) is 6.05. The lowest BCUT2D eigenvalue weighted by molar-refractivity contribution is -0.144. The van der Waals surface area contributed by atoms with E-state index < -0.39 is 18.0 Å². The number of ketones is 1. The van der Waals surface area contributed by atoms with E-state index in [-0.39, 0.29) is 11.3 Å². The van der Waals surface area contributed by atoms with E-state index in [1.54, 1.807) is 0 Å². The molecule has 0 saturated carbocycles. The van der Waals surface area contributed by atoms with Crippen molar-refractivity contribution >= 4 is 11.5 Å². The Labute approximate surface area is 114 Å². The van der Waals surface area contributed by atoms with E-state index in [1.807, 2.05) is 35.8 Å². The standard InChI is InChI=1S/C14H13F3N2O/c1-9(20)12-11(13(19-18-12)14(15,16)17)8-7-10-5-3-2-4-6-10/h2-6,8,13,19H,7H2,1H3/b11-8-. The van der Waals surface area contributed by atoms with E-state index >= 15 is 0 Å². The normalized spacial score (nSPS) is 20.7. The smallest absolute Gasteiger partial charge is 0.293 e. The molecule has 0 aliphatic carbocycles. The number of carbonyl (C=O) groups excluding carboxylic acids is 1. The van der Waals surface area contributed by atoms with E-state index in [0.29, 0.717) is 6.42 Å². The zero-order valence-corrected chi connectivity index (χ0v) is 10.7. The van der Waals surface area contributed by atoms with Gasteiger partial charge in [0.05, 0.1) is 0 Å². The number of alkyl halides is 3. The van der Waals surface area contributed by atoms with Gasteiger partial charge in [0, 0.05) is 12.5 Å². The van der Waals surface area contributed by atoms with Gasteiger partial charge < -0.3 is 0 Å². The molecule has 20 heavy (non-hydrogen) atoms. The van der Waals surface area contributed by atoms with Gasteiger partial charge in [0.2, 0.25) is 0 Å². The van der Waals surface area contributed by atoms with Gasteiger partial charge in [-0.3, -0.25) is 10.2 Å². The van der Waals surface area contributed by atoms with Crippen LogP contribution in [0.25, 0.3) is 0 Å². The van der Waals surface area contributed by atoms with E-state index in [9.17, 15) is 18.0 Å². The molecular formula is C14H13F3N2O. The summed E-state index contributed by atoms with van der Waals surface area (Å²) in [6.45, 7) is 1.20. The molecule has 1 unspecified atom stereocenters. The lowest BCUT2D eigenvalue weighted by Crippen LogP contribution is -2.38. The second-order valence-corrected chi connectivity index (χ2v) is 4.47. The molecule has 1 heterocycles. The van der Waals surface area contributed by atoms with Crippen LogP contribution >= 0.6 is 0 Å². The number of nitrogens with one attached hydrogen (secondary N) is 1. The van der Waals surface area contributed by atoms with Gasteiger partial charge in [-0.25, -0.2) is 0 Å². The molecular weight excluding hydrogens is 269 g/mol. The molecule has 1 atom stereocenters. The van der Waals surface area contributed by atoms with Crippen LogP contribution in [0.5, 0.6) is 0 Å². The first kappa shape index (κ1) is 14.3. The van der Waals surface area contributed by atoms with Gasteiger partial charge in [0.25, 0.3) is 0 Å². The van der Waals surface area contributed by atoms with Crippen molar-refractivity contribution in [3.8, 4) is 0 Å². The quantitative estimate of drug-likeness (QED) is 0.926. The fourth-order valence-electron chi connectivity index (χ4n) is 1.99. The summed E-state index contributed by atoms with van der Waals surface area (Å²) in [5.41, 5.74) is 2.61. The van der Waals surface area contributed by atoms with Crippen LogP contribution in [0, 0.1) is 0 Å². The Morgan fingerprint density at radius 1 is 1.35 bits per heavy atom. The maximum absolute atomic E-state index is 12.9. The second-order valence-electron chi connectivity index (χ2n) is 4.47. The number of hydrogen-bond donors (Lipinski definition) is 1. The molecule has 106 valence electrons. The van der Waals surface area contributed by atoms with Crippen molar-refractivity contribution in [2.75, 3.05) is 0 Å². The lowest BCUT2D eigenvalue weighted by Gasteiger charge is -2.16. The van der Waals surface area contributed by atoms with Crippen LogP contribution in [-0.2, 0) is 11.2 Å². The Morgan fingerprint density at radius 2 is 2.00 bits per heavy atom. The van der Waals surface area contributed by atoms with Crippen molar-refractivity contribution in [2.24, 2.45) is 5.10 Å². The summed E-state index contributed by atoms with van der Waals surface area (Å²) in [5, 5.41) is 3.51. The maximum Gasteiger partial charge on any atom is 0.414 e. The van der Waals surface area contributed by atoms with E-state index in [2.05, 4.69) is 5.10 Å². The van der Waals surface area contributed by atoms with Gasteiger partial charge in [0.15, 0.2) is 11.8 Å². The zero-order chi connectivity index (χ0) is 14.8. The van der Waals surface area contributed by atoms with Crippen molar-refractivity contribution < 1.29 is 18.0 Å². The third kappa shape index (κ3) is 3.07.